The lowest BCUT2D eigenvalue weighted by atomic mass is 10.1. The zero-order valence-electron chi connectivity index (χ0n) is 16.5. The van der Waals surface area contributed by atoms with Crippen LogP contribution in [0.15, 0.2) is 48.5 Å². The standard InChI is InChI=1S/C21H19N5O3S/c1-13-20(26(28)29)14(2)25(24-13)12-15-7-9-16(10-8-15)21(27)22-11-19-23-17-5-3-4-6-18(17)30-19/h3-10H,11-12H2,1-2H3,(H,22,27). The Labute approximate surface area is 176 Å². The molecule has 1 N–H and O–H groups in total. The van der Waals surface area contributed by atoms with E-state index in [1.165, 1.54) is 0 Å². The zero-order valence-corrected chi connectivity index (χ0v) is 17.3. The predicted molar refractivity (Wildman–Crippen MR) is 115 cm³/mol. The normalized spacial score (nSPS) is 11.0. The molecule has 0 aliphatic rings. The molecule has 0 saturated heterocycles. The molecule has 152 valence electrons. The number of fused-ring (bicyclic) bond motifs is 1. The maximum absolute atomic E-state index is 12.5. The Morgan fingerprint density at radius 1 is 1.17 bits per heavy atom. The lowest BCUT2D eigenvalue weighted by Crippen LogP contribution is -2.22. The van der Waals surface area contributed by atoms with Gasteiger partial charge in [0.1, 0.15) is 16.4 Å². The highest BCUT2D eigenvalue weighted by Gasteiger charge is 2.21. The fourth-order valence-electron chi connectivity index (χ4n) is 3.29. The summed E-state index contributed by atoms with van der Waals surface area (Å²) in [7, 11) is 0. The first-order valence-corrected chi connectivity index (χ1v) is 10.1. The molecule has 0 unspecified atom stereocenters. The van der Waals surface area contributed by atoms with E-state index in [9.17, 15) is 14.9 Å². The van der Waals surface area contributed by atoms with E-state index in [0.717, 1.165) is 20.8 Å². The van der Waals surface area contributed by atoms with Crippen molar-refractivity contribution >= 4 is 33.1 Å². The van der Waals surface area contributed by atoms with E-state index in [1.54, 1.807) is 42.0 Å². The van der Waals surface area contributed by atoms with Crippen LogP contribution in [0.2, 0.25) is 0 Å². The van der Waals surface area contributed by atoms with E-state index < -0.39 is 4.92 Å². The SMILES string of the molecule is Cc1nn(Cc2ccc(C(=O)NCc3nc4ccccc4s3)cc2)c(C)c1[N+](=O)[O-]. The number of benzene rings is 2. The molecule has 0 fully saturated rings. The van der Waals surface area contributed by atoms with E-state index in [1.807, 2.05) is 36.4 Å². The van der Waals surface area contributed by atoms with E-state index in [4.69, 9.17) is 0 Å². The van der Waals surface area contributed by atoms with Crippen LogP contribution in [-0.4, -0.2) is 25.6 Å². The fraction of sp³-hybridized carbons (Fsp3) is 0.190. The minimum Gasteiger partial charge on any atom is -0.346 e. The van der Waals surface area contributed by atoms with E-state index in [2.05, 4.69) is 15.4 Å². The van der Waals surface area contributed by atoms with E-state index in [0.29, 0.717) is 30.0 Å². The third kappa shape index (κ3) is 3.92. The first kappa shape index (κ1) is 19.7. The molecule has 8 nitrogen and oxygen atoms in total. The Bertz CT molecular complexity index is 1210. The largest absolute Gasteiger partial charge is 0.346 e. The van der Waals surface area contributed by atoms with Crippen LogP contribution in [0.1, 0.15) is 32.3 Å². The number of nitro groups is 1. The molecule has 1 amide bonds. The number of nitrogens with one attached hydrogen (secondary N) is 1. The number of hydrogen-bond donors (Lipinski definition) is 1. The van der Waals surface area contributed by atoms with Crippen LogP contribution in [0.3, 0.4) is 0 Å². The Morgan fingerprint density at radius 3 is 2.57 bits per heavy atom. The van der Waals surface area contributed by atoms with Gasteiger partial charge in [0.05, 0.1) is 28.2 Å². The molecule has 0 aliphatic heterocycles. The van der Waals surface area contributed by atoms with Crippen molar-refractivity contribution in [2.75, 3.05) is 0 Å². The molecule has 0 radical (unpaired) electrons. The van der Waals surface area contributed by atoms with Crippen molar-refractivity contribution < 1.29 is 9.72 Å². The summed E-state index contributed by atoms with van der Waals surface area (Å²) in [5.41, 5.74) is 3.32. The first-order chi connectivity index (χ1) is 14.4. The molecule has 0 aliphatic carbocycles. The van der Waals surface area contributed by atoms with E-state index >= 15 is 0 Å². The summed E-state index contributed by atoms with van der Waals surface area (Å²) in [6, 6.07) is 15.0. The lowest BCUT2D eigenvalue weighted by Gasteiger charge is -2.06. The van der Waals surface area contributed by atoms with Gasteiger partial charge < -0.3 is 5.32 Å². The topological polar surface area (TPSA) is 103 Å². The zero-order chi connectivity index (χ0) is 21.3. The van der Waals surface area contributed by atoms with Crippen LogP contribution >= 0.6 is 11.3 Å². The number of amides is 1. The quantitative estimate of drug-likeness (QED) is 0.374. The number of hydrogen-bond acceptors (Lipinski definition) is 6. The van der Waals surface area contributed by atoms with Gasteiger partial charge in [-0.05, 0) is 43.7 Å². The van der Waals surface area contributed by atoms with Gasteiger partial charge in [0.15, 0.2) is 0 Å². The molecule has 0 saturated carbocycles. The van der Waals surface area contributed by atoms with Crippen LogP contribution in [0.25, 0.3) is 10.2 Å². The van der Waals surface area contributed by atoms with E-state index in [-0.39, 0.29) is 11.6 Å². The molecule has 2 heterocycles. The minimum atomic E-state index is -0.410. The Morgan fingerprint density at radius 2 is 1.90 bits per heavy atom. The van der Waals surface area contributed by atoms with Crippen LogP contribution in [0, 0.1) is 24.0 Å². The summed E-state index contributed by atoms with van der Waals surface area (Å²) in [5, 5.41) is 19.2. The molecule has 30 heavy (non-hydrogen) atoms. The molecule has 2 aromatic carbocycles. The molecule has 0 bridgehead atoms. The smallest absolute Gasteiger partial charge is 0.312 e. The highest BCUT2D eigenvalue weighted by Crippen LogP contribution is 2.23. The van der Waals surface area contributed by atoms with Crippen molar-refractivity contribution in [3.05, 3.63) is 86.2 Å². The van der Waals surface area contributed by atoms with Crippen molar-refractivity contribution in [1.29, 1.82) is 0 Å². The minimum absolute atomic E-state index is 0.0424. The van der Waals surface area contributed by atoms with Crippen molar-refractivity contribution in [1.82, 2.24) is 20.1 Å². The third-order valence-electron chi connectivity index (χ3n) is 4.81. The maximum atomic E-state index is 12.5. The van der Waals surface area contributed by atoms with Gasteiger partial charge in [-0.25, -0.2) is 4.98 Å². The molecule has 4 rings (SSSR count). The molecule has 0 spiro atoms. The summed E-state index contributed by atoms with van der Waals surface area (Å²) in [5.74, 6) is -0.178. The van der Waals surface area contributed by atoms with Gasteiger partial charge >= 0.3 is 5.69 Å². The maximum Gasteiger partial charge on any atom is 0.312 e. The Kier molecular flexibility index (Phi) is 5.28. The Hall–Kier alpha value is -3.59. The van der Waals surface area contributed by atoms with Gasteiger partial charge in [-0.15, -0.1) is 11.3 Å². The van der Waals surface area contributed by atoms with Crippen LogP contribution in [-0.2, 0) is 13.1 Å². The number of thiazole rings is 1. The molecule has 9 heteroatoms. The number of rotatable bonds is 6. The lowest BCUT2D eigenvalue weighted by molar-refractivity contribution is -0.386. The summed E-state index contributed by atoms with van der Waals surface area (Å²) in [6.07, 6.45) is 0. The second-order valence-electron chi connectivity index (χ2n) is 6.89. The van der Waals surface area contributed by atoms with Crippen molar-refractivity contribution in [2.24, 2.45) is 0 Å². The number of aromatic nitrogens is 3. The van der Waals surface area contributed by atoms with Gasteiger partial charge in [-0.2, -0.15) is 5.10 Å². The number of para-hydroxylation sites is 1. The third-order valence-corrected chi connectivity index (χ3v) is 5.85. The van der Waals surface area contributed by atoms with Gasteiger partial charge in [0.25, 0.3) is 5.91 Å². The summed E-state index contributed by atoms with van der Waals surface area (Å²) < 4.78 is 2.70. The van der Waals surface area contributed by atoms with Crippen LogP contribution < -0.4 is 5.32 Å². The number of carbonyl (C=O) groups is 1. The molecule has 2 aromatic heterocycles. The van der Waals surface area contributed by atoms with Gasteiger partial charge in [-0.1, -0.05) is 24.3 Å². The van der Waals surface area contributed by atoms with Crippen molar-refractivity contribution in [3.8, 4) is 0 Å². The first-order valence-electron chi connectivity index (χ1n) is 9.32. The van der Waals surface area contributed by atoms with Crippen LogP contribution in [0.5, 0.6) is 0 Å². The Balaban J connectivity index is 1.41. The monoisotopic (exact) mass is 421 g/mol. The van der Waals surface area contributed by atoms with Gasteiger partial charge in [-0.3, -0.25) is 19.6 Å². The summed E-state index contributed by atoms with van der Waals surface area (Å²) >= 11 is 1.56. The number of carbonyl (C=O) groups excluding carboxylic acids is 1. The van der Waals surface area contributed by atoms with Crippen LogP contribution in [0.4, 0.5) is 5.69 Å². The number of aryl methyl sites for hydroxylation is 1. The average Bonchev–Trinajstić information content (AvgIpc) is 3.26. The predicted octanol–water partition coefficient (Wildman–Crippen LogP) is 4.00. The highest BCUT2D eigenvalue weighted by molar-refractivity contribution is 7.18. The molecule has 0 atom stereocenters. The molecular weight excluding hydrogens is 402 g/mol. The molecular formula is C21H19N5O3S. The second kappa shape index (κ2) is 8.03. The van der Waals surface area contributed by atoms with Crippen molar-refractivity contribution in [3.63, 3.8) is 0 Å². The summed E-state index contributed by atoms with van der Waals surface area (Å²) in [4.78, 5) is 27.7. The number of nitrogens with zero attached hydrogens (tertiary/aromatic N) is 4. The average molecular weight is 421 g/mol. The summed E-state index contributed by atoms with van der Waals surface area (Å²) in [6.45, 7) is 4.08. The molecule has 4 aromatic rings. The van der Waals surface area contributed by atoms with Gasteiger partial charge in [0, 0.05) is 5.56 Å². The second-order valence-corrected chi connectivity index (χ2v) is 8.00. The fourth-order valence-corrected chi connectivity index (χ4v) is 4.20. The van der Waals surface area contributed by atoms with Crippen molar-refractivity contribution in [2.45, 2.75) is 26.9 Å². The van der Waals surface area contributed by atoms with Gasteiger partial charge in [0.2, 0.25) is 0 Å². The highest BCUT2D eigenvalue weighted by atomic mass is 32.1.